The van der Waals surface area contributed by atoms with Crippen LogP contribution in [0.3, 0.4) is 0 Å². The number of ether oxygens (including phenoxy) is 1. The molecule has 0 radical (unpaired) electrons. The average Bonchev–Trinajstić information content (AvgIpc) is 3.47. The van der Waals surface area contributed by atoms with Crippen molar-refractivity contribution in [3.63, 3.8) is 0 Å². The van der Waals surface area contributed by atoms with Crippen LogP contribution in [0, 0.1) is 6.92 Å². The van der Waals surface area contributed by atoms with Gasteiger partial charge in [-0.25, -0.2) is 4.98 Å². The lowest BCUT2D eigenvalue weighted by Gasteiger charge is -2.43. The third kappa shape index (κ3) is 5.82. The molecule has 12 nitrogen and oxygen atoms in total. The quantitative estimate of drug-likeness (QED) is 0.249. The molecule has 2 saturated heterocycles. The number of benzene rings is 2. The van der Waals surface area contributed by atoms with Gasteiger partial charge in [-0.15, -0.1) is 0 Å². The molecule has 7 rings (SSSR count). The van der Waals surface area contributed by atoms with Crippen molar-refractivity contribution in [3.8, 4) is 11.4 Å². The van der Waals surface area contributed by atoms with Gasteiger partial charge >= 0.3 is 0 Å². The predicted octanol–water partition coefficient (Wildman–Crippen LogP) is 4.13. The van der Waals surface area contributed by atoms with Gasteiger partial charge in [-0.2, -0.15) is 4.98 Å². The molecule has 2 aromatic carbocycles. The van der Waals surface area contributed by atoms with Gasteiger partial charge in [0.1, 0.15) is 16.9 Å². The number of fused-ring (bicyclic) bond motifs is 2. The highest BCUT2D eigenvalue weighted by atomic mass is 31.2. The lowest BCUT2D eigenvalue weighted by atomic mass is 10.0. The van der Waals surface area contributed by atoms with E-state index in [2.05, 4.69) is 61.1 Å². The maximum absolute atomic E-state index is 13.4. The number of likely N-dealkylation sites (N-methyl/N-ethyl adjacent to an activating group) is 1. The summed E-state index contributed by atoms with van der Waals surface area (Å²) in [4.78, 5) is 25.9. The minimum Gasteiger partial charge on any atom is -0.494 e. The number of piperazine rings is 1. The SMILES string of the molecule is COc1cc(N2CCC(N3CCN(C)CC3)CC2)c(C)cc1Nc1ncc2ccn(-c3ccc4nccnc4c3P(C)(N)=O)c2n1. The lowest BCUT2D eigenvalue weighted by Crippen LogP contribution is -2.52. The predicted molar refractivity (Wildman–Crippen MR) is 185 cm³/mol. The van der Waals surface area contributed by atoms with Crippen molar-refractivity contribution in [3.05, 3.63) is 60.7 Å². The van der Waals surface area contributed by atoms with Crippen LogP contribution in [-0.2, 0) is 4.57 Å². The second-order valence-corrected chi connectivity index (χ2v) is 15.0. The Bertz CT molecular complexity index is 1940. The molecule has 1 atom stereocenters. The van der Waals surface area contributed by atoms with E-state index in [0.717, 1.165) is 61.7 Å². The van der Waals surface area contributed by atoms with E-state index >= 15 is 0 Å². The Hall–Kier alpha value is -4.09. The molecule has 2 aliphatic rings. The Kier molecular flexibility index (Phi) is 8.14. The van der Waals surface area contributed by atoms with Crippen molar-refractivity contribution in [2.24, 2.45) is 5.50 Å². The van der Waals surface area contributed by atoms with Crippen LogP contribution in [0.2, 0.25) is 0 Å². The van der Waals surface area contributed by atoms with Crippen LogP contribution in [0.1, 0.15) is 18.4 Å². The lowest BCUT2D eigenvalue weighted by molar-refractivity contribution is 0.0982. The van der Waals surface area contributed by atoms with Crippen molar-refractivity contribution >= 4 is 52.0 Å². The Balaban J connectivity index is 1.16. The fourth-order valence-corrected chi connectivity index (χ4v) is 8.11. The summed E-state index contributed by atoms with van der Waals surface area (Å²) in [6.45, 7) is 10.4. The standard InChI is InChI=1S/C33H41N10O2P/c1-22-19-26(29(45-3)20-28(22)42-12-8-24(9-13-42)41-17-15-40(2)16-18-41)38-33-37-21-23-7-14-43(32(23)39-33)27-6-5-25-30(36-11-10-35-25)31(27)46(4,34)44/h5-7,10-11,14,19-21,24H,8-9,12-13,15-18H2,1-4H3,(H2,34,44)(H,37,38,39). The van der Waals surface area contributed by atoms with Crippen LogP contribution in [-0.4, -0.2) is 100 Å². The summed E-state index contributed by atoms with van der Waals surface area (Å²) < 4.78 is 21.1. The maximum Gasteiger partial charge on any atom is 0.229 e. The molecule has 1 unspecified atom stereocenters. The average molecular weight is 641 g/mol. The molecule has 2 aliphatic heterocycles. The van der Waals surface area contributed by atoms with Crippen LogP contribution in [0.4, 0.5) is 17.3 Å². The van der Waals surface area contributed by atoms with Gasteiger partial charge in [0, 0.05) is 93.9 Å². The number of hydrogen-bond donors (Lipinski definition) is 2. The molecule has 2 fully saturated rings. The topological polar surface area (TPSA) is 131 Å². The number of aromatic nitrogens is 5. The van der Waals surface area contributed by atoms with Gasteiger partial charge in [0.25, 0.3) is 0 Å². The van der Waals surface area contributed by atoms with Crippen LogP contribution < -0.4 is 25.8 Å². The van der Waals surface area contributed by atoms with Crippen molar-refractivity contribution in [1.82, 2.24) is 34.3 Å². The molecular weight excluding hydrogens is 599 g/mol. The zero-order valence-corrected chi connectivity index (χ0v) is 27.7. The van der Waals surface area contributed by atoms with E-state index in [1.807, 2.05) is 29.0 Å². The van der Waals surface area contributed by atoms with Gasteiger partial charge in [-0.05, 0) is 56.6 Å². The van der Waals surface area contributed by atoms with Crippen molar-refractivity contribution < 1.29 is 9.30 Å². The van der Waals surface area contributed by atoms with Crippen molar-refractivity contribution in [1.29, 1.82) is 0 Å². The second-order valence-electron chi connectivity index (χ2n) is 12.5. The molecule has 0 aliphatic carbocycles. The summed E-state index contributed by atoms with van der Waals surface area (Å²) in [7, 11) is 0.659. The van der Waals surface area contributed by atoms with Crippen LogP contribution >= 0.6 is 7.29 Å². The molecule has 240 valence electrons. The van der Waals surface area contributed by atoms with Gasteiger partial charge in [0.2, 0.25) is 5.95 Å². The first-order chi connectivity index (χ1) is 22.2. The summed E-state index contributed by atoms with van der Waals surface area (Å²) in [6, 6.07) is 10.5. The maximum atomic E-state index is 13.4. The molecule has 0 amide bonds. The summed E-state index contributed by atoms with van der Waals surface area (Å²) in [5, 5.41) is 4.68. The number of aryl methyl sites for hydroxylation is 1. The van der Waals surface area contributed by atoms with E-state index in [-0.39, 0.29) is 0 Å². The van der Waals surface area contributed by atoms with Crippen LogP contribution in [0.25, 0.3) is 27.8 Å². The largest absolute Gasteiger partial charge is 0.494 e. The van der Waals surface area contributed by atoms with E-state index in [0.29, 0.717) is 39.7 Å². The Morgan fingerprint density at radius 1 is 0.978 bits per heavy atom. The molecule has 5 aromatic rings. The zero-order chi connectivity index (χ0) is 32.0. The number of piperidine rings is 1. The van der Waals surface area contributed by atoms with Crippen LogP contribution in [0.5, 0.6) is 5.75 Å². The highest BCUT2D eigenvalue weighted by molar-refractivity contribution is 7.69. The highest BCUT2D eigenvalue weighted by Crippen LogP contribution is 2.38. The number of nitrogens with two attached hydrogens (primary N) is 1. The molecule has 13 heteroatoms. The third-order valence-electron chi connectivity index (χ3n) is 9.35. The van der Waals surface area contributed by atoms with Gasteiger partial charge in [0.15, 0.2) is 7.29 Å². The van der Waals surface area contributed by atoms with Gasteiger partial charge < -0.3 is 29.0 Å². The van der Waals surface area contributed by atoms with Gasteiger partial charge in [0.05, 0.1) is 29.3 Å². The fourth-order valence-electron chi connectivity index (χ4n) is 6.88. The first-order valence-electron chi connectivity index (χ1n) is 15.8. The number of rotatable bonds is 7. The molecule has 0 saturated carbocycles. The third-order valence-corrected chi connectivity index (χ3v) is 10.7. The minimum absolute atomic E-state index is 0.417. The summed E-state index contributed by atoms with van der Waals surface area (Å²) in [5.74, 6) is 1.15. The highest BCUT2D eigenvalue weighted by Gasteiger charge is 2.28. The molecule has 46 heavy (non-hydrogen) atoms. The molecule has 3 N–H and O–H groups in total. The number of nitrogens with zero attached hydrogens (tertiary/aromatic N) is 8. The minimum atomic E-state index is -3.24. The number of anilines is 3. The van der Waals surface area contributed by atoms with E-state index in [1.165, 1.54) is 18.5 Å². The summed E-state index contributed by atoms with van der Waals surface area (Å²) in [5.41, 5.74) is 11.9. The van der Waals surface area contributed by atoms with Gasteiger partial charge in [-0.1, -0.05) is 0 Å². The summed E-state index contributed by atoms with van der Waals surface area (Å²) >= 11 is 0. The normalized spacial score (nSPS) is 18.2. The second kappa shape index (κ2) is 12.3. The Labute approximate surface area is 269 Å². The smallest absolute Gasteiger partial charge is 0.229 e. The van der Waals surface area contributed by atoms with E-state index in [9.17, 15) is 4.57 Å². The molecule has 0 bridgehead atoms. The number of nitrogens with one attached hydrogen (secondary N) is 1. The van der Waals surface area contributed by atoms with E-state index in [4.69, 9.17) is 15.2 Å². The first-order valence-corrected chi connectivity index (χ1v) is 18.0. The number of methoxy groups -OCH3 is 1. The zero-order valence-electron chi connectivity index (χ0n) is 26.8. The first kappa shape index (κ1) is 30.6. The van der Waals surface area contributed by atoms with Crippen LogP contribution in [0.15, 0.2) is 55.1 Å². The Morgan fingerprint density at radius 3 is 2.48 bits per heavy atom. The molecule has 3 aromatic heterocycles. The van der Waals surface area contributed by atoms with E-state index < -0.39 is 7.29 Å². The van der Waals surface area contributed by atoms with E-state index in [1.54, 1.807) is 32.4 Å². The number of hydrogen-bond acceptors (Lipinski definition) is 10. The van der Waals surface area contributed by atoms with Crippen molar-refractivity contribution in [2.45, 2.75) is 25.8 Å². The molecular formula is C33H41N10O2P. The summed E-state index contributed by atoms with van der Waals surface area (Å²) in [6.07, 6.45) is 9.18. The Morgan fingerprint density at radius 2 is 1.74 bits per heavy atom. The molecule has 5 heterocycles. The van der Waals surface area contributed by atoms with Gasteiger partial charge in [-0.3, -0.25) is 20.4 Å². The van der Waals surface area contributed by atoms with Crippen molar-refractivity contribution in [2.75, 3.05) is 70.3 Å². The monoisotopic (exact) mass is 640 g/mol. The fraction of sp³-hybridized carbons (Fsp3) is 0.394. The molecule has 0 spiro atoms.